The van der Waals surface area contributed by atoms with Gasteiger partial charge in [0.25, 0.3) is 0 Å². The van der Waals surface area contributed by atoms with Gasteiger partial charge in [-0.2, -0.15) is 0 Å². The first-order chi connectivity index (χ1) is 6.22. The van der Waals surface area contributed by atoms with Crippen molar-refractivity contribution in [3.8, 4) is 0 Å². The Bertz CT molecular complexity index is 160. The smallest absolute Gasteiger partial charge is 0.306 e. The minimum absolute atomic E-state index is 0.0578. The first-order valence-corrected chi connectivity index (χ1v) is 5.10. The van der Waals surface area contributed by atoms with Crippen LogP contribution >= 0.6 is 0 Å². The number of ether oxygens (including phenoxy) is 1. The third-order valence-corrected chi connectivity index (χ3v) is 2.40. The lowest BCUT2D eigenvalue weighted by atomic mass is 9.95. The summed E-state index contributed by atoms with van der Waals surface area (Å²) >= 11 is 0. The van der Waals surface area contributed by atoms with Crippen LogP contribution < -0.4 is 0 Å². The second kappa shape index (κ2) is 5.22. The van der Waals surface area contributed by atoms with E-state index in [1.165, 1.54) is 0 Å². The molecule has 0 atom stereocenters. The predicted octanol–water partition coefficient (Wildman–Crippen LogP) is 1.63. The van der Waals surface area contributed by atoms with Gasteiger partial charge in [0.2, 0.25) is 0 Å². The molecule has 0 aromatic heterocycles. The van der Waals surface area contributed by atoms with Crippen LogP contribution in [0.4, 0.5) is 0 Å². The Hall–Kier alpha value is -0.570. The molecule has 76 valence electrons. The molecule has 0 spiro atoms. The Balaban J connectivity index is 2.18. The molecule has 1 aliphatic carbocycles. The standard InChI is InChI=1S/C10H18O3/c1-2-3-10(12)13-9-6-4-8(11)5-7-9/h8-9,11H,2-7H2,1H3. The number of hydrogen-bond donors (Lipinski definition) is 1. The van der Waals surface area contributed by atoms with Crippen molar-refractivity contribution in [2.24, 2.45) is 0 Å². The minimum Gasteiger partial charge on any atom is -0.462 e. The molecule has 1 aliphatic rings. The topological polar surface area (TPSA) is 46.5 Å². The largest absolute Gasteiger partial charge is 0.462 e. The lowest BCUT2D eigenvalue weighted by Crippen LogP contribution is -2.26. The maximum atomic E-state index is 11.1. The number of carbonyl (C=O) groups excluding carboxylic acids is 1. The molecule has 0 radical (unpaired) electrons. The van der Waals surface area contributed by atoms with Gasteiger partial charge in [-0.05, 0) is 32.1 Å². The molecule has 0 aliphatic heterocycles. The molecule has 0 aromatic carbocycles. The molecule has 3 heteroatoms. The van der Waals surface area contributed by atoms with E-state index in [0.717, 1.165) is 32.1 Å². The van der Waals surface area contributed by atoms with Crippen LogP contribution in [-0.4, -0.2) is 23.3 Å². The molecular formula is C10H18O3. The summed E-state index contributed by atoms with van der Waals surface area (Å²) in [5.74, 6) is -0.0936. The van der Waals surface area contributed by atoms with Crippen molar-refractivity contribution in [2.75, 3.05) is 0 Å². The number of rotatable bonds is 3. The highest BCUT2D eigenvalue weighted by molar-refractivity contribution is 5.69. The van der Waals surface area contributed by atoms with Crippen LogP contribution in [0.3, 0.4) is 0 Å². The fourth-order valence-electron chi connectivity index (χ4n) is 1.61. The first kappa shape index (κ1) is 10.5. The molecule has 0 aromatic rings. The predicted molar refractivity (Wildman–Crippen MR) is 49.3 cm³/mol. The quantitative estimate of drug-likeness (QED) is 0.681. The van der Waals surface area contributed by atoms with E-state index in [-0.39, 0.29) is 18.2 Å². The van der Waals surface area contributed by atoms with Crippen LogP contribution in [-0.2, 0) is 9.53 Å². The van der Waals surface area contributed by atoms with Crippen LogP contribution in [0.25, 0.3) is 0 Å². The molecular weight excluding hydrogens is 168 g/mol. The van der Waals surface area contributed by atoms with Gasteiger partial charge in [-0.3, -0.25) is 4.79 Å². The Kier molecular flexibility index (Phi) is 4.22. The summed E-state index contributed by atoms with van der Waals surface area (Å²) in [6, 6.07) is 0. The van der Waals surface area contributed by atoms with Crippen molar-refractivity contribution in [2.45, 2.75) is 57.7 Å². The average Bonchev–Trinajstić information content (AvgIpc) is 2.09. The van der Waals surface area contributed by atoms with E-state index in [1.807, 2.05) is 6.92 Å². The lowest BCUT2D eigenvalue weighted by Gasteiger charge is -2.25. The van der Waals surface area contributed by atoms with Crippen molar-refractivity contribution in [1.82, 2.24) is 0 Å². The minimum atomic E-state index is -0.180. The van der Waals surface area contributed by atoms with Gasteiger partial charge in [0.05, 0.1) is 6.10 Å². The molecule has 1 rings (SSSR count). The molecule has 0 unspecified atom stereocenters. The first-order valence-electron chi connectivity index (χ1n) is 5.10. The zero-order valence-electron chi connectivity index (χ0n) is 8.16. The zero-order chi connectivity index (χ0) is 9.68. The highest BCUT2D eigenvalue weighted by Crippen LogP contribution is 2.21. The van der Waals surface area contributed by atoms with E-state index in [4.69, 9.17) is 4.74 Å². The van der Waals surface area contributed by atoms with Crippen molar-refractivity contribution >= 4 is 5.97 Å². The van der Waals surface area contributed by atoms with Crippen molar-refractivity contribution < 1.29 is 14.6 Å². The fourth-order valence-corrected chi connectivity index (χ4v) is 1.61. The summed E-state index contributed by atoms with van der Waals surface area (Å²) in [7, 11) is 0. The summed E-state index contributed by atoms with van der Waals surface area (Å²) in [6.07, 6.45) is 4.40. The van der Waals surface area contributed by atoms with Gasteiger partial charge in [-0.1, -0.05) is 6.92 Å². The SMILES string of the molecule is CCCC(=O)OC1CCC(O)CC1. The van der Waals surface area contributed by atoms with Crippen LogP contribution in [0, 0.1) is 0 Å². The van der Waals surface area contributed by atoms with E-state index in [2.05, 4.69) is 0 Å². The number of esters is 1. The molecule has 0 bridgehead atoms. The zero-order valence-corrected chi connectivity index (χ0v) is 8.16. The summed E-state index contributed by atoms with van der Waals surface area (Å²) < 4.78 is 5.23. The summed E-state index contributed by atoms with van der Waals surface area (Å²) in [6.45, 7) is 1.96. The molecule has 1 fully saturated rings. The lowest BCUT2D eigenvalue weighted by molar-refractivity contribution is -0.151. The Labute approximate surface area is 79.1 Å². The number of carbonyl (C=O) groups is 1. The number of aliphatic hydroxyl groups excluding tert-OH is 1. The number of aliphatic hydroxyl groups is 1. The molecule has 3 nitrogen and oxygen atoms in total. The molecule has 0 saturated heterocycles. The number of hydrogen-bond acceptors (Lipinski definition) is 3. The summed E-state index contributed by atoms with van der Waals surface area (Å²) in [4.78, 5) is 11.1. The van der Waals surface area contributed by atoms with Crippen LogP contribution in [0.1, 0.15) is 45.4 Å². The van der Waals surface area contributed by atoms with E-state index in [9.17, 15) is 9.90 Å². The molecule has 13 heavy (non-hydrogen) atoms. The highest BCUT2D eigenvalue weighted by Gasteiger charge is 2.21. The van der Waals surface area contributed by atoms with Gasteiger partial charge in [-0.25, -0.2) is 0 Å². The van der Waals surface area contributed by atoms with Crippen molar-refractivity contribution in [3.05, 3.63) is 0 Å². The maximum Gasteiger partial charge on any atom is 0.306 e. The van der Waals surface area contributed by atoms with E-state index >= 15 is 0 Å². The Morgan fingerprint density at radius 1 is 1.38 bits per heavy atom. The van der Waals surface area contributed by atoms with Gasteiger partial charge in [0.15, 0.2) is 0 Å². The molecule has 0 heterocycles. The second-order valence-electron chi connectivity index (χ2n) is 3.67. The van der Waals surface area contributed by atoms with Crippen molar-refractivity contribution in [1.29, 1.82) is 0 Å². The van der Waals surface area contributed by atoms with Gasteiger partial charge in [0.1, 0.15) is 6.10 Å². The molecule has 1 saturated carbocycles. The van der Waals surface area contributed by atoms with Crippen LogP contribution in [0.15, 0.2) is 0 Å². The fraction of sp³-hybridized carbons (Fsp3) is 0.900. The van der Waals surface area contributed by atoms with Gasteiger partial charge in [0, 0.05) is 6.42 Å². The monoisotopic (exact) mass is 186 g/mol. The normalized spacial score (nSPS) is 28.5. The van der Waals surface area contributed by atoms with Crippen LogP contribution in [0.2, 0.25) is 0 Å². The maximum absolute atomic E-state index is 11.1. The van der Waals surface area contributed by atoms with Crippen molar-refractivity contribution in [3.63, 3.8) is 0 Å². The van der Waals surface area contributed by atoms with Gasteiger partial charge < -0.3 is 9.84 Å². The van der Waals surface area contributed by atoms with Crippen LogP contribution in [0.5, 0.6) is 0 Å². The molecule has 1 N–H and O–H groups in total. The van der Waals surface area contributed by atoms with Gasteiger partial charge in [-0.15, -0.1) is 0 Å². The summed E-state index contributed by atoms with van der Waals surface area (Å²) in [5, 5.41) is 9.22. The summed E-state index contributed by atoms with van der Waals surface area (Å²) in [5.41, 5.74) is 0. The Morgan fingerprint density at radius 3 is 2.54 bits per heavy atom. The van der Waals surface area contributed by atoms with E-state index in [1.54, 1.807) is 0 Å². The second-order valence-corrected chi connectivity index (χ2v) is 3.67. The average molecular weight is 186 g/mol. The van der Waals surface area contributed by atoms with E-state index < -0.39 is 0 Å². The third-order valence-electron chi connectivity index (χ3n) is 2.40. The third kappa shape index (κ3) is 3.77. The molecule has 0 amide bonds. The van der Waals surface area contributed by atoms with E-state index in [0.29, 0.717) is 6.42 Å². The van der Waals surface area contributed by atoms with Gasteiger partial charge >= 0.3 is 5.97 Å². The Morgan fingerprint density at radius 2 is 2.00 bits per heavy atom. The highest BCUT2D eigenvalue weighted by atomic mass is 16.5.